The highest BCUT2D eigenvalue weighted by Crippen LogP contribution is 2.39. The first-order valence-electron chi connectivity index (χ1n) is 5.04. The Labute approximate surface area is 88.2 Å². The number of rotatable bonds is 1. The summed E-state index contributed by atoms with van der Waals surface area (Å²) in [7, 11) is 1.80. The molecule has 1 aliphatic carbocycles. The van der Waals surface area contributed by atoms with Crippen LogP contribution in [-0.2, 0) is 6.42 Å². The summed E-state index contributed by atoms with van der Waals surface area (Å²) in [5, 5.41) is 32.0. The Hall–Kier alpha value is -1.26. The molecule has 0 bridgehead atoms. The fourth-order valence-corrected chi connectivity index (χ4v) is 2.16. The summed E-state index contributed by atoms with van der Waals surface area (Å²) in [6.45, 7) is 0. The van der Waals surface area contributed by atoms with Crippen molar-refractivity contribution in [2.75, 3.05) is 7.05 Å². The smallest absolute Gasteiger partial charge is 0.161 e. The number of hydrogen-bond donors (Lipinski definition) is 4. The number of phenolic OH excluding ortho intramolecular Hbond substituents is 2. The second-order valence-electron chi connectivity index (χ2n) is 3.88. The Bertz CT molecular complexity index is 378. The summed E-state index contributed by atoms with van der Waals surface area (Å²) in [6.07, 6.45) is 0.796. The van der Waals surface area contributed by atoms with Crippen LogP contribution in [0.5, 0.6) is 11.5 Å². The van der Waals surface area contributed by atoms with Gasteiger partial charge in [0.2, 0.25) is 0 Å². The number of aromatic hydroxyl groups is 2. The van der Waals surface area contributed by atoms with Crippen molar-refractivity contribution in [2.45, 2.75) is 25.0 Å². The third kappa shape index (κ3) is 1.56. The van der Waals surface area contributed by atoms with Crippen LogP contribution in [0, 0.1) is 0 Å². The predicted octanol–water partition coefficient (Wildman–Crippen LogP) is 0.665. The van der Waals surface area contributed by atoms with E-state index in [9.17, 15) is 15.3 Å². The molecule has 0 saturated heterocycles. The Morgan fingerprint density at radius 3 is 2.73 bits per heavy atom. The van der Waals surface area contributed by atoms with E-state index in [1.54, 1.807) is 13.1 Å². The molecule has 0 aromatic heterocycles. The van der Waals surface area contributed by atoms with Crippen LogP contribution in [0.3, 0.4) is 0 Å². The van der Waals surface area contributed by atoms with E-state index in [1.165, 1.54) is 6.07 Å². The number of hydrogen-bond acceptors (Lipinski definition) is 4. The Kier molecular flexibility index (Phi) is 2.54. The molecule has 2 atom stereocenters. The van der Waals surface area contributed by atoms with E-state index >= 15 is 0 Å². The number of phenols is 2. The molecule has 15 heavy (non-hydrogen) atoms. The number of benzene rings is 1. The minimum atomic E-state index is -0.620. The molecule has 4 nitrogen and oxygen atoms in total. The average Bonchev–Trinajstić information content (AvgIpc) is 2.24. The van der Waals surface area contributed by atoms with Crippen LogP contribution in [0.4, 0.5) is 0 Å². The van der Waals surface area contributed by atoms with Gasteiger partial charge in [-0.2, -0.15) is 0 Å². The number of nitrogens with one attached hydrogen (secondary N) is 1. The van der Waals surface area contributed by atoms with Gasteiger partial charge in [0.15, 0.2) is 11.5 Å². The van der Waals surface area contributed by atoms with Crippen molar-refractivity contribution < 1.29 is 15.3 Å². The number of fused-ring (bicyclic) bond motifs is 1. The van der Waals surface area contributed by atoms with E-state index < -0.39 is 6.10 Å². The quantitative estimate of drug-likeness (QED) is 0.513. The highest BCUT2D eigenvalue weighted by Gasteiger charge is 2.29. The van der Waals surface area contributed by atoms with Crippen molar-refractivity contribution in [3.05, 3.63) is 23.3 Å². The van der Waals surface area contributed by atoms with E-state index in [0.29, 0.717) is 17.5 Å². The first-order chi connectivity index (χ1) is 7.15. The average molecular weight is 209 g/mol. The number of likely N-dealkylation sites (N-methyl/N-ethyl adjacent to an activating group) is 1. The highest BCUT2D eigenvalue weighted by molar-refractivity contribution is 5.51. The van der Waals surface area contributed by atoms with Crippen molar-refractivity contribution in [2.24, 2.45) is 0 Å². The van der Waals surface area contributed by atoms with Gasteiger partial charge in [0.1, 0.15) is 0 Å². The number of aliphatic hydroxyl groups is 1. The van der Waals surface area contributed by atoms with E-state index in [2.05, 4.69) is 5.32 Å². The van der Waals surface area contributed by atoms with Gasteiger partial charge in [-0.3, -0.25) is 0 Å². The van der Waals surface area contributed by atoms with E-state index in [-0.39, 0.29) is 17.5 Å². The zero-order chi connectivity index (χ0) is 11.0. The molecule has 4 N–H and O–H groups in total. The van der Waals surface area contributed by atoms with Crippen molar-refractivity contribution >= 4 is 0 Å². The van der Waals surface area contributed by atoms with Crippen LogP contribution < -0.4 is 5.32 Å². The van der Waals surface area contributed by atoms with Gasteiger partial charge < -0.3 is 20.6 Å². The predicted molar refractivity (Wildman–Crippen MR) is 55.9 cm³/mol. The zero-order valence-corrected chi connectivity index (χ0v) is 8.57. The Balaban J connectivity index is 2.45. The number of aliphatic hydroxyl groups excluding tert-OH is 1. The Morgan fingerprint density at radius 2 is 2.07 bits per heavy atom. The molecule has 2 rings (SSSR count). The summed E-state index contributed by atoms with van der Waals surface area (Å²) in [5.74, 6) is -0.218. The fraction of sp³-hybridized carbons (Fsp3) is 0.455. The Morgan fingerprint density at radius 1 is 1.33 bits per heavy atom. The zero-order valence-electron chi connectivity index (χ0n) is 8.57. The van der Waals surface area contributed by atoms with Gasteiger partial charge in [-0.05, 0) is 31.5 Å². The van der Waals surface area contributed by atoms with Gasteiger partial charge in [-0.1, -0.05) is 6.07 Å². The summed E-state index contributed by atoms with van der Waals surface area (Å²) in [5.41, 5.74) is 1.37. The van der Waals surface area contributed by atoms with Gasteiger partial charge in [-0.15, -0.1) is 0 Å². The van der Waals surface area contributed by atoms with Crippen LogP contribution in [0.25, 0.3) is 0 Å². The lowest BCUT2D eigenvalue weighted by Gasteiger charge is -2.30. The second kappa shape index (κ2) is 3.72. The first-order valence-corrected chi connectivity index (χ1v) is 5.04. The lowest BCUT2D eigenvalue weighted by Crippen LogP contribution is -2.35. The van der Waals surface area contributed by atoms with Crippen LogP contribution >= 0.6 is 0 Å². The lowest BCUT2D eigenvalue weighted by molar-refractivity contribution is 0.118. The van der Waals surface area contributed by atoms with Crippen molar-refractivity contribution in [3.8, 4) is 11.5 Å². The first kappa shape index (κ1) is 10.3. The molecule has 0 unspecified atom stereocenters. The monoisotopic (exact) mass is 209 g/mol. The fourth-order valence-electron chi connectivity index (χ4n) is 2.16. The van der Waals surface area contributed by atoms with Gasteiger partial charge in [-0.25, -0.2) is 0 Å². The minimum Gasteiger partial charge on any atom is -0.504 e. The van der Waals surface area contributed by atoms with E-state index in [1.807, 2.05) is 0 Å². The summed E-state index contributed by atoms with van der Waals surface area (Å²) >= 11 is 0. The molecule has 0 fully saturated rings. The van der Waals surface area contributed by atoms with Gasteiger partial charge in [0, 0.05) is 11.6 Å². The lowest BCUT2D eigenvalue weighted by atomic mass is 9.85. The maximum Gasteiger partial charge on any atom is 0.161 e. The molecular weight excluding hydrogens is 194 g/mol. The molecule has 0 spiro atoms. The topological polar surface area (TPSA) is 72.7 Å². The van der Waals surface area contributed by atoms with Gasteiger partial charge in [0.25, 0.3) is 0 Å². The molecule has 1 aliphatic rings. The second-order valence-corrected chi connectivity index (χ2v) is 3.88. The largest absolute Gasteiger partial charge is 0.504 e. The van der Waals surface area contributed by atoms with Crippen molar-refractivity contribution in [1.82, 2.24) is 5.32 Å². The maximum absolute atomic E-state index is 9.98. The van der Waals surface area contributed by atoms with E-state index in [0.717, 1.165) is 6.42 Å². The molecule has 4 heteroatoms. The summed E-state index contributed by atoms with van der Waals surface area (Å²) in [6, 6.07) is 3.09. The maximum atomic E-state index is 9.98. The minimum absolute atomic E-state index is 0.0152. The van der Waals surface area contributed by atoms with Crippen LogP contribution in [-0.4, -0.2) is 28.4 Å². The molecule has 0 aliphatic heterocycles. The molecule has 1 aromatic rings. The molecular formula is C11H15NO3. The third-order valence-corrected chi connectivity index (χ3v) is 3.07. The van der Waals surface area contributed by atoms with Crippen LogP contribution in [0.2, 0.25) is 0 Å². The third-order valence-electron chi connectivity index (χ3n) is 3.07. The van der Waals surface area contributed by atoms with Crippen LogP contribution in [0.15, 0.2) is 12.1 Å². The molecule has 82 valence electrons. The molecule has 0 heterocycles. The molecule has 0 saturated carbocycles. The van der Waals surface area contributed by atoms with Crippen LogP contribution in [0.1, 0.15) is 23.7 Å². The standard InChI is InChI=1S/C11H15NO3/c1-12-8-4-2-7-6(10(8)14)3-5-9(13)11(7)15/h3,5,8,10,12-15H,2,4H2,1H3/t8-,10-/m1/s1. The van der Waals surface area contributed by atoms with Gasteiger partial charge >= 0.3 is 0 Å². The normalized spacial score (nSPS) is 24.9. The highest BCUT2D eigenvalue weighted by atomic mass is 16.3. The molecule has 0 amide bonds. The SMILES string of the molecule is CN[C@@H]1CCc2c(ccc(O)c2O)[C@H]1O. The van der Waals surface area contributed by atoms with Gasteiger partial charge in [0.05, 0.1) is 6.10 Å². The van der Waals surface area contributed by atoms with E-state index in [4.69, 9.17) is 0 Å². The summed E-state index contributed by atoms with van der Waals surface area (Å²) in [4.78, 5) is 0. The van der Waals surface area contributed by atoms with Crippen molar-refractivity contribution in [1.29, 1.82) is 0 Å². The molecule has 0 radical (unpaired) electrons. The van der Waals surface area contributed by atoms with Crippen molar-refractivity contribution in [3.63, 3.8) is 0 Å². The summed E-state index contributed by atoms with van der Waals surface area (Å²) < 4.78 is 0. The molecule has 1 aromatic carbocycles.